The number of likely N-dealkylation sites (tertiary alicyclic amines) is 1. The molecule has 2 heterocycles. The Morgan fingerprint density at radius 3 is 2.61 bits per heavy atom. The van der Waals surface area contributed by atoms with Gasteiger partial charge in [-0.2, -0.15) is 0 Å². The number of benzene rings is 2. The Balaban J connectivity index is 1.67. The molecule has 1 N–H and O–H groups in total. The predicted molar refractivity (Wildman–Crippen MR) is 109 cm³/mol. The summed E-state index contributed by atoms with van der Waals surface area (Å²) >= 11 is 0. The van der Waals surface area contributed by atoms with Crippen LogP contribution in [0.3, 0.4) is 0 Å². The smallest absolute Gasteiger partial charge is 0.241 e. The molecule has 2 aliphatic heterocycles. The lowest BCUT2D eigenvalue weighted by molar-refractivity contribution is -0.136. The van der Waals surface area contributed by atoms with E-state index in [0.717, 1.165) is 55.8 Å². The summed E-state index contributed by atoms with van der Waals surface area (Å²) in [5, 5.41) is 3.19. The molecule has 2 aromatic carbocycles. The topological polar surface area (TPSA) is 50.8 Å². The van der Waals surface area contributed by atoms with Crippen molar-refractivity contribution < 1.29 is 14.3 Å². The number of rotatable bonds is 4. The van der Waals surface area contributed by atoms with Crippen LogP contribution in [0.4, 0.5) is 0 Å². The van der Waals surface area contributed by atoms with Gasteiger partial charge < -0.3 is 14.8 Å². The molecule has 0 bridgehead atoms. The van der Waals surface area contributed by atoms with E-state index in [0.29, 0.717) is 6.54 Å². The highest BCUT2D eigenvalue weighted by Gasteiger charge is 2.46. The Morgan fingerprint density at radius 2 is 1.82 bits per heavy atom. The van der Waals surface area contributed by atoms with E-state index < -0.39 is 5.54 Å². The number of hydrogen-bond donors (Lipinski definition) is 1. The molecule has 0 aromatic heterocycles. The van der Waals surface area contributed by atoms with Gasteiger partial charge in [-0.3, -0.25) is 9.69 Å². The summed E-state index contributed by atoms with van der Waals surface area (Å²) in [5.74, 6) is 1.60. The molecule has 148 valence electrons. The molecule has 4 rings (SSSR count). The van der Waals surface area contributed by atoms with Crippen LogP contribution in [0.15, 0.2) is 42.5 Å². The van der Waals surface area contributed by atoms with Crippen molar-refractivity contribution in [2.75, 3.05) is 20.8 Å². The van der Waals surface area contributed by atoms with Gasteiger partial charge in [0.1, 0.15) is 5.54 Å². The second kappa shape index (κ2) is 7.84. The Hall–Kier alpha value is -2.53. The average molecular weight is 380 g/mol. The quantitative estimate of drug-likeness (QED) is 0.884. The zero-order valence-corrected chi connectivity index (χ0v) is 16.7. The Kier molecular flexibility index (Phi) is 5.27. The second-order valence-corrected chi connectivity index (χ2v) is 7.73. The standard InChI is InChI=1S/C23H28N2O3/c1-27-20-10-9-17(13-21(20)28-2)16-25-12-6-5-11-23(25)14-18-7-3-4-8-19(18)15-24-22(23)26/h3-4,7-10,13H,5-6,11-12,14-16H2,1-2H3,(H,24,26). The van der Waals surface area contributed by atoms with Gasteiger partial charge in [-0.15, -0.1) is 0 Å². The van der Waals surface area contributed by atoms with Crippen LogP contribution in [-0.4, -0.2) is 37.1 Å². The summed E-state index contributed by atoms with van der Waals surface area (Å²) in [6, 6.07) is 14.4. The number of fused-ring (bicyclic) bond motifs is 1. The number of carbonyl (C=O) groups is 1. The number of nitrogens with one attached hydrogen (secondary N) is 1. The van der Waals surface area contributed by atoms with Gasteiger partial charge in [-0.25, -0.2) is 0 Å². The van der Waals surface area contributed by atoms with E-state index in [4.69, 9.17) is 9.47 Å². The normalized spacial score (nSPS) is 22.3. The molecule has 0 saturated carbocycles. The maximum atomic E-state index is 13.3. The zero-order valence-electron chi connectivity index (χ0n) is 16.7. The first kappa shape index (κ1) is 18.8. The fourth-order valence-corrected chi connectivity index (χ4v) is 4.62. The minimum atomic E-state index is -0.488. The summed E-state index contributed by atoms with van der Waals surface area (Å²) in [5.41, 5.74) is 3.14. The highest BCUT2D eigenvalue weighted by molar-refractivity contribution is 5.87. The fraction of sp³-hybridized carbons (Fsp3) is 0.435. The first-order valence-corrected chi connectivity index (χ1v) is 9.97. The third-order valence-electron chi connectivity index (χ3n) is 6.16. The molecule has 2 aromatic rings. The van der Waals surface area contributed by atoms with Crippen LogP contribution in [0.1, 0.15) is 36.0 Å². The van der Waals surface area contributed by atoms with Crippen molar-refractivity contribution in [2.45, 2.75) is 44.3 Å². The van der Waals surface area contributed by atoms with Gasteiger partial charge in [-0.05, 0) is 54.6 Å². The molecule has 1 unspecified atom stereocenters. The van der Waals surface area contributed by atoms with Crippen molar-refractivity contribution in [1.82, 2.24) is 10.2 Å². The zero-order chi connectivity index (χ0) is 19.6. The number of nitrogens with zero attached hydrogens (tertiary/aromatic N) is 1. The van der Waals surface area contributed by atoms with Crippen LogP contribution < -0.4 is 14.8 Å². The monoisotopic (exact) mass is 380 g/mol. The first-order valence-electron chi connectivity index (χ1n) is 9.97. The highest BCUT2D eigenvalue weighted by Crippen LogP contribution is 2.37. The van der Waals surface area contributed by atoms with E-state index in [-0.39, 0.29) is 5.91 Å². The van der Waals surface area contributed by atoms with E-state index in [1.807, 2.05) is 18.2 Å². The molecule has 0 radical (unpaired) electrons. The predicted octanol–water partition coefficient (Wildman–Crippen LogP) is 3.30. The summed E-state index contributed by atoms with van der Waals surface area (Å²) < 4.78 is 10.8. The summed E-state index contributed by atoms with van der Waals surface area (Å²) in [4.78, 5) is 15.7. The highest BCUT2D eigenvalue weighted by atomic mass is 16.5. The van der Waals surface area contributed by atoms with Crippen LogP contribution in [0.2, 0.25) is 0 Å². The van der Waals surface area contributed by atoms with Crippen LogP contribution in [0.25, 0.3) is 0 Å². The molecular formula is C23H28N2O3. The molecule has 1 atom stereocenters. The molecular weight excluding hydrogens is 352 g/mol. The molecule has 1 saturated heterocycles. The van der Waals surface area contributed by atoms with Gasteiger partial charge in [0.15, 0.2) is 11.5 Å². The van der Waals surface area contributed by atoms with Gasteiger partial charge in [-0.1, -0.05) is 30.3 Å². The third kappa shape index (κ3) is 3.35. The number of amides is 1. The lowest BCUT2D eigenvalue weighted by Gasteiger charge is -2.45. The first-order chi connectivity index (χ1) is 13.7. The van der Waals surface area contributed by atoms with E-state index in [9.17, 15) is 4.79 Å². The van der Waals surface area contributed by atoms with Crippen molar-refractivity contribution >= 4 is 5.91 Å². The Bertz CT molecular complexity index is 867. The van der Waals surface area contributed by atoms with Crippen molar-refractivity contribution in [3.8, 4) is 11.5 Å². The molecule has 28 heavy (non-hydrogen) atoms. The van der Waals surface area contributed by atoms with Crippen LogP contribution in [0, 0.1) is 0 Å². The van der Waals surface area contributed by atoms with Gasteiger partial charge in [0, 0.05) is 19.5 Å². The third-order valence-corrected chi connectivity index (χ3v) is 6.16. The minimum Gasteiger partial charge on any atom is -0.493 e. The molecule has 2 aliphatic rings. The van der Waals surface area contributed by atoms with E-state index in [2.05, 4.69) is 34.5 Å². The molecule has 5 nitrogen and oxygen atoms in total. The van der Waals surface area contributed by atoms with Gasteiger partial charge in [0.2, 0.25) is 5.91 Å². The number of piperidine rings is 1. The average Bonchev–Trinajstić information content (AvgIpc) is 2.87. The molecule has 0 aliphatic carbocycles. The second-order valence-electron chi connectivity index (χ2n) is 7.73. The summed E-state index contributed by atoms with van der Waals surface area (Å²) in [6.07, 6.45) is 3.85. The van der Waals surface area contributed by atoms with Crippen LogP contribution in [-0.2, 0) is 24.3 Å². The number of carbonyl (C=O) groups excluding carboxylic acids is 1. The molecule has 1 fully saturated rings. The van der Waals surface area contributed by atoms with Crippen LogP contribution >= 0.6 is 0 Å². The summed E-state index contributed by atoms with van der Waals surface area (Å²) in [6.45, 7) is 2.25. The number of methoxy groups -OCH3 is 2. The van der Waals surface area contributed by atoms with Gasteiger partial charge in [0.25, 0.3) is 0 Å². The fourth-order valence-electron chi connectivity index (χ4n) is 4.62. The number of ether oxygens (including phenoxy) is 2. The van der Waals surface area contributed by atoms with E-state index in [1.165, 1.54) is 11.1 Å². The maximum Gasteiger partial charge on any atom is 0.241 e. The lowest BCUT2D eigenvalue weighted by Crippen LogP contribution is -2.60. The van der Waals surface area contributed by atoms with Crippen molar-refractivity contribution in [1.29, 1.82) is 0 Å². The Morgan fingerprint density at radius 1 is 1.04 bits per heavy atom. The summed E-state index contributed by atoms with van der Waals surface area (Å²) in [7, 11) is 3.30. The van der Waals surface area contributed by atoms with Crippen molar-refractivity contribution in [2.24, 2.45) is 0 Å². The van der Waals surface area contributed by atoms with Crippen molar-refractivity contribution in [3.63, 3.8) is 0 Å². The van der Waals surface area contributed by atoms with E-state index in [1.54, 1.807) is 14.2 Å². The molecule has 1 spiro atoms. The lowest BCUT2D eigenvalue weighted by atomic mass is 9.80. The van der Waals surface area contributed by atoms with Gasteiger partial charge >= 0.3 is 0 Å². The van der Waals surface area contributed by atoms with Crippen molar-refractivity contribution in [3.05, 3.63) is 59.2 Å². The molecule has 5 heteroatoms. The maximum absolute atomic E-state index is 13.3. The SMILES string of the molecule is COc1ccc(CN2CCCCC23Cc2ccccc2CNC3=O)cc1OC. The molecule has 1 amide bonds. The number of hydrogen-bond acceptors (Lipinski definition) is 4. The van der Waals surface area contributed by atoms with Crippen LogP contribution in [0.5, 0.6) is 11.5 Å². The Labute approximate surface area is 166 Å². The van der Waals surface area contributed by atoms with E-state index >= 15 is 0 Å². The minimum absolute atomic E-state index is 0.156. The van der Waals surface area contributed by atoms with Gasteiger partial charge in [0.05, 0.1) is 14.2 Å². The largest absolute Gasteiger partial charge is 0.493 e.